The average Bonchev–Trinajstić information content (AvgIpc) is 2.53. The maximum absolute atomic E-state index is 6.37. The van der Waals surface area contributed by atoms with Gasteiger partial charge < -0.3 is 5.73 Å². The van der Waals surface area contributed by atoms with Crippen LogP contribution in [0.5, 0.6) is 0 Å². The molecule has 2 atom stereocenters. The molecule has 0 saturated heterocycles. The van der Waals surface area contributed by atoms with Crippen molar-refractivity contribution in [2.75, 3.05) is 0 Å². The summed E-state index contributed by atoms with van der Waals surface area (Å²) >= 11 is 6.37. The largest absolute Gasteiger partial charge is 0.328 e. The third-order valence-electron chi connectivity index (χ3n) is 4.01. The SMILES string of the molecule is CCn1nc(C)c(Cl)c1CC1CCCCC(N)C1. The quantitative estimate of drug-likeness (QED) is 0.856. The molecule has 1 saturated carbocycles. The van der Waals surface area contributed by atoms with E-state index in [4.69, 9.17) is 17.3 Å². The Morgan fingerprint density at radius 3 is 2.83 bits per heavy atom. The van der Waals surface area contributed by atoms with Gasteiger partial charge in [0, 0.05) is 12.6 Å². The lowest BCUT2D eigenvalue weighted by molar-refractivity contribution is 0.417. The molecule has 1 aromatic rings. The fourth-order valence-corrected chi connectivity index (χ4v) is 3.24. The van der Waals surface area contributed by atoms with Gasteiger partial charge in [-0.1, -0.05) is 30.9 Å². The molecule has 2 unspecified atom stereocenters. The summed E-state index contributed by atoms with van der Waals surface area (Å²) in [5.74, 6) is 0.668. The molecule has 1 aromatic heterocycles. The van der Waals surface area contributed by atoms with Crippen molar-refractivity contribution in [1.29, 1.82) is 0 Å². The Bertz CT molecular complexity index is 400. The van der Waals surface area contributed by atoms with Crippen molar-refractivity contribution in [3.63, 3.8) is 0 Å². The van der Waals surface area contributed by atoms with Crippen molar-refractivity contribution in [2.45, 2.75) is 65.0 Å². The van der Waals surface area contributed by atoms with Crippen molar-refractivity contribution < 1.29 is 0 Å². The van der Waals surface area contributed by atoms with E-state index in [-0.39, 0.29) is 0 Å². The molecule has 102 valence electrons. The summed E-state index contributed by atoms with van der Waals surface area (Å²) in [6, 6.07) is 0.371. The third kappa shape index (κ3) is 3.07. The molecule has 18 heavy (non-hydrogen) atoms. The van der Waals surface area contributed by atoms with Crippen LogP contribution in [-0.4, -0.2) is 15.8 Å². The van der Waals surface area contributed by atoms with Crippen LogP contribution in [0.1, 0.15) is 50.4 Å². The van der Waals surface area contributed by atoms with Gasteiger partial charge in [0.15, 0.2) is 0 Å². The highest BCUT2D eigenvalue weighted by Gasteiger charge is 2.21. The maximum atomic E-state index is 6.37. The molecule has 0 aromatic carbocycles. The van der Waals surface area contributed by atoms with Crippen molar-refractivity contribution in [1.82, 2.24) is 9.78 Å². The first-order valence-electron chi connectivity index (χ1n) is 7.09. The fourth-order valence-electron chi connectivity index (χ4n) is 3.03. The van der Waals surface area contributed by atoms with Crippen LogP contribution < -0.4 is 5.73 Å². The summed E-state index contributed by atoms with van der Waals surface area (Å²) in [5.41, 5.74) is 8.29. The Kier molecular flexibility index (Phi) is 4.68. The van der Waals surface area contributed by atoms with Crippen LogP contribution in [-0.2, 0) is 13.0 Å². The van der Waals surface area contributed by atoms with Gasteiger partial charge in [0.2, 0.25) is 0 Å². The molecule has 1 aliphatic rings. The van der Waals surface area contributed by atoms with Gasteiger partial charge in [-0.15, -0.1) is 0 Å². The lowest BCUT2D eigenvalue weighted by Crippen LogP contribution is -2.23. The zero-order valence-corrected chi connectivity index (χ0v) is 12.2. The minimum Gasteiger partial charge on any atom is -0.328 e. The Hall–Kier alpha value is -0.540. The monoisotopic (exact) mass is 269 g/mol. The fraction of sp³-hybridized carbons (Fsp3) is 0.786. The van der Waals surface area contributed by atoms with Crippen LogP contribution in [0.2, 0.25) is 5.02 Å². The summed E-state index contributed by atoms with van der Waals surface area (Å²) in [6.07, 6.45) is 7.19. The molecular formula is C14H24ClN3. The molecule has 4 heteroatoms. The van der Waals surface area contributed by atoms with Crippen molar-refractivity contribution in [3.8, 4) is 0 Å². The van der Waals surface area contributed by atoms with Gasteiger partial charge in [-0.25, -0.2) is 0 Å². The zero-order valence-electron chi connectivity index (χ0n) is 11.5. The molecular weight excluding hydrogens is 246 g/mol. The second-order valence-corrected chi connectivity index (χ2v) is 5.89. The predicted octanol–water partition coefficient (Wildman–Crippen LogP) is 3.31. The number of rotatable bonds is 3. The Morgan fingerprint density at radius 2 is 2.11 bits per heavy atom. The first kappa shape index (κ1) is 13.9. The minimum absolute atomic E-state index is 0.371. The normalized spacial score (nSPS) is 25.1. The van der Waals surface area contributed by atoms with Gasteiger partial charge in [0.1, 0.15) is 0 Å². The van der Waals surface area contributed by atoms with Gasteiger partial charge >= 0.3 is 0 Å². The summed E-state index contributed by atoms with van der Waals surface area (Å²) < 4.78 is 2.05. The number of nitrogens with zero attached hydrogens (tertiary/aromatic N) is 2. The summed E-state index contributed by atoms with van der Waals surface area (Å²) in [5, 5.41) is 5.35. The van der Waals surface area contributed by atoms with Gasteiger partial charge in [0.25, 0.3) is 0 Å². The van der Waals surface area contributed by atoms with Gasteiger partial charge in [-0.2, -0.15) is 5.10 Å². The summed E-state index contributed by atoms with van der Waals surface area (Å²) in [7, 11) is 0. The van der Waals surface area contributed by atoms with E-state index in [9.17, 15) is 0 Å². The highest BCUT2D eigenvalue weighted by Crippen LogP contribution is 2.29. The van der Waals surface area contributed by atoms with Crippen LogP contribution in [0.3, 0.4) is 0 Å². The standard InChI is InChI=1S/C14H24ClN3/c1-3-18-13(14(15)10(2)17-18)9-11-6-4-5-7-12(16)8-11/h11-12H,3-9,16H2,1-2H3. The van der Waals surface area contributed by atoms with E-state index >= 15 is 0 Å². The molecule has 0 radical (unpaired) electrons. The highest BCUT2D eigenvalue weighted by molar-refractivity contribution is 6.31. The van der Waals surface area contributed by atoms with E-state index in [1.165, 1.54) is 31.4 Å². The average molecular weight is 270 g/mol. The second kappa shape index (κ2) is 6.07. The zero-order chi connectivity index (χ0) is 13.1. The molecule has 1 fully saturated rings. The van der Waals surface area contributed by atoms with Gasteiger partial charge in [-0.3, -0.25) is 4.68 Å². The lowest BCUT2D eigenvalue weighted by Gasteiger charge is -2.17. The molecule has 1 heterocycles. The van der Waals surface area contributed by atoms with Crippen molar-refractivity contribution in [3.05, 3.63) is 16.4 Å². The van der Waals surface area contributed by atoms with Crippen LogP contribution >= 0.6 is 11.6 Å². The van der Waals surface area contributed by atoms with E-state index in [1.54, 1.807) is 0 Å². The first-order valence-corrected chi connectivity index (χ1v) is 7.47. The Morgan fingerprint density at radius 1 is 1.39 bits per heavy atom. The smallest absolute Gasteiger partial charge is 0.0847 e. The summed E-state index contributed by atoms with van der Waals surface area (Å²) in [6.45, 7) is 4.99. The number of halogens is 1. The molecule has 2 rings (SSSR count). The van der Waals surface area contributed by atoms with E-state index in [1.807, 2.05) is 11.6 Å². The molecule has 0 spiro atoms. The van der Waals surface area contributed by atoms with Crippen LogP contribution in [0.25, 0.3) is 0 Å². The van der Waals surface area contributed by atoms with Gasteiger partial charge in [-0.05, 0) is 39.0 Å². The van der Waals surface area contributed by atoms with Crippen molar-refractivity contribution >= 4 is 11.6 Å². The molecule has 0 amide bonds. The number of aromatic nitrogens is 2. The van der Waals surface area contributed by atoms with E-state index in [0.717, 1.165) is 30.1 Å². The number of hydrogen-bond acceptors (Lipinski definition) is 2. The number of nitrogens with two attached hydrogens (primary N) is 1. The van der Waals surface area contributed by atoms with E-state index in [2.05, 4.69) is 12.0 Å². The Balaban J connectivity index is 2.12. The number of hydrogen-bond donors (Lipinski definition) is 1. The molecule has 0 aliphatic heterocycles. The molecule has 3 nitrogen and oxygen atoms in total. The summed E-state index contributed by atoms with van der Waals surface area (Å²) in [4.78, 5) is 0. The Labute approximate surface area is 115 Å². The van der Waals surface area contributed by atoms with Crippen molar-refractivity contribution in [2.24, 2.45) is 11.7 Å². The lowest BCUT2D eigenvalue weighted by atomic mass is 9.93. The molecule has 0 bridgehead atoms. The number of aryl methyl sites for hydroxylation is 2. The van der Waals surface area contributed by atoms with Crippen LogP contribution in [0, 0.1) is 12.8 Å². The molecule has 1 aliphatic carbocycles. The molecule has 2 N–H and O–H groups in total. The van der Waals surface area contributed by atoms with E-state index < -0.39 is 0 Å². The van der Waals surface area contributed by atoms with Crippen LogP contribution in [0.4, 0.5) is 0 Å². The topological polar surface area (TPSA) is 43.8 Å². The first-order chi connectivity index (χ1) is 8.61. The predicted molar refractivity (Wildman–Crippen MR) is 75.9 cm³/mol. The van der Waals surface area contributed by atoms with Crippen LogP contribution in [0.15, 0.2) is 0 Å². The highest BCUT2D eigenvalue weighted by atomic mass is 35.5. The maximum Gasteiger partial charge on any atom is 0.0847 e. The van der Waals surface area contributed by atoms with Gasteiger partial charge in [0.05, 0.1) is 16.4 Å². The second-order valence-electron chi connectivity index (χ2n) is 5.51. The minimum atomic E-state index is 0.371. The van der Waals surface area contributed by atoms with E-state index in [0.29, 0.717) is 12.0 Å². The third-order valence-corrected chi connectivity index (χ3v) is 4.50.